The molecule has 0 atom stereocenters. The fourth-order valence-corrected chi connectivity index (χ4v) is 9.58. The van der Waals surface area contributed by atoms with Gasteiger partial charge in [-0.3, -0.25) is 22.8 Å². The van der Waals surface area contributed by atoms with Crippen LogP contribution in [0.25, 0.3) is 0 Å². The number of aromatic nitrogens is 3. The summed E-state index contributed by atoms with van der Waals surface area (Å²) in [5.41, 5.74) is 2.48. The van der Waals surface area contributed by atoms with E-state index >= 15 is 0 Å². The van der Waals surface area contributed by atoms with Crippen LogP contribution in [0.15, 0.2) is 211 Å². The summed E-state index contributed by atoms with van der Waals surface area (Å²) in [6.07, 6.45) is 0. The third-order valence-corrected chi connectivity index (χ3v) is 15.1. The molecule has 8 aromatic rings. The second kappa shape index (κ2) is 23.3. The molecule has 416 valence electrons. The van der Waals surface area contributed by atoms with Gasteiger partial charge >= 0.3 is 0 Å². The lowest BCUT2D eigenvalue weighted by Crippen LogP contribution is -2.07. The summed E-state index contributed by atoms with van der Waals surface area (Å²) in [4.78, 5) is 11.0. The van der Waals surface area contributed by atoms with Crippen LogP contribution in [0, 0.1) is 13.8 Å². The highest BCUT2D eigenvalue weighted by Gasteiger charge is 2.20. The predicted molar refractivity (Wildman–Crippen MR) is 290 cm³/mol. The van der Waals surface area contributed by atoms with Gasteiger partial charge in [-0.2, -0.15) is 87.7 Å². The molecule has 81 heavy (non-hydrogen) atoms. The molecule has 0 saturated carbocycles. The van der Waals surface area contributed by atoms with Crippen molar-refractivity contribution in [2.45, 2.75) is 38.3 Å². The zero-order valence-corrected chi connectivity index (χ0v) is 45.2. The van der Waals surface area contributed by atoms with E-state index in [9.17, 15) is 64.9 Å². The van der Waals surface area contributed by atoms with Gasteiger partial charge in [0.05, 0.1) is 48.8 Å². The molecule has 0 unspecified atom stereocenters. The van der Waals surface area contributed by atoms with Crippen LogP contribution < -0.4 is 16.0 Å². The van der Waals surface area contributed by atoms with Gasteiger partial charge in [0.1, 0.15) is 21.2 Å². The highest BCUT2D eigenvalue weighted by molar-refractivity contribution is 7.87. The summed E-state index contributed by atoms with van der Waals surface area (Å²) < 4.78 is 166. The molecular formula is C47H38N14O15S5. The molecule has 8 N–H and O–H groups in total. The smallest absolute Gasteiger partial charge is 0.296 e. The minimum atomic E-state index is -4.88. The van der Waals surface area contributed by atoms with Crippen LogP contribution in [0.3, 0.4) is 0 Å². The highest BCUT2D eigenvalue weighted by atomic mass is 32.2. The van der Waals surface area contributed by atoms with Gasteiger partial charge in [0, 0.05) is 17.1 Å². The molecule has 0 fully saturated rings. The zero-order chi connectivity index (χ0) is 58.5. The summed E-state index contributed by atoms with van der Waals surface area (Å²) in [5.74, 6) is -0.101. The van der Waals surface area contributed by atoms with E-state index in [1.165, 1.54) is 72.8 Å². The van der Waals surface area contributed by atoms with Crippen LogP contribution in [-0.4, -0.2) is 79.8 Å². The summed E-state index contributed by atoms with van der Waals surface area (Å²) in [5, 5.41) is 41.3. The Morgan fingerprint density at radius 3 is 0.901 bits per heavy atom. The van der Waals surface area contributed by atoms with E-state index in [-0.39, 0.29) is 78.0 Å². The molecule has 1 aromatic heterocycles. The topological polar surface area (TPSA) is 445 Å². The summed E-state index contributed by atoms with van der Waals surface area (Å²) in [7, 11) is -23.2. The van der Waals surface area contributed by atoms with Gasteiger partial charge in [-0.25, -0.2) is 0 Å². The van der Waals surface area contributed by atoms with E-state index in [0.29, 0.717) is 28.2 Å². The van der Waals surface area contributed by atoms with Gasteiger partial charge in [-0.15, -0.1) is 10.2 Å². The van der Waals surface area contributed by atoms with E-state index in [1.807, 2.05) is 0 Å². The predicted octanol–water partition coefficient (Wildman–Crippen LogP) is 11.6. The number of rotatable bonds is 19. The van der Waals surface area contributed by atoms with Crippen LogP contribution in [-0.2, 0) is 50.6 Å². The minimum absolute atomic E-state index is 0.0242. The zero-order valence-electron chi connectivity index (χ0n) is 41.1. The van der Waals surface area contributed by atoms with Crippen molar-refractivity contribution < 1.29 is 64.9 Å². The van der Waals surface area contributed by atoms with Crippen molar-refractivity contribution in [2.75, 3.05) is 16.0 Å². The van der Waals surface area contributed by atoms with Gasteiger partial charge in [0.25, 0.3) is 50.6 Å². The van der Waals surface area contributed by atoms with Crippen molar-refractivity contribution in [1.29, 1.82) is 0 Å². The number of aryl methyl sites for hydroxylation is 2. The molecule has 7 aromatic carbocycles. The lowest BCUT2D eigenvalue weighted by atomic mass is 10.2. The second-order valence-corrected chi connectivity index (χ2v) is 23.7. The molecular weight excluding hydrogens is 1160 g/mol. The molecule has 0 saturated heterocycles. The van der Waals surface area contributed by atoms with Crippen molar-refractivity contribution >= 4 is 131 Å². The second-order valence-electron chi connectivity index (χ2n) is 16.7. The summed E-state index contributed by atoms with van der Waals surface area (Å²) in [6, 6.07) is 31.0. The van der Waals surface area contributed by atoms with Gasteiger partial charge in [-0.05, 0) is 171 Å². The van der Waals surface area contributed by atoms with Crippen LogP contribution in [0.4, 0.5) is 80.4 Å². The van der Waals surface area contributed by atoms with Crippen LogP contribution in [0.1, 0.15) is 11.1 Å². The molecule has 29 nitrogen and oxygen atoms in total. The Labute approximate surface area is 460 Å². The maximum atomic E-state index is 12.4. The Morgan fingerprint density at radius 1 is 0.309 bits per heavy atom. The Morgan fingerprint density at radius 2 is 0.580 bits per heavy atom. The van der Waals surface area contributed by atoms with Gasteiger partial charge in [-0.1, -0.05) is 0 Å². The summed E-state index contributed by atoms with van der Waals surface area (Å²) >= 11 is 0. The lowest BCUT2D eigenvalue weighted by Gasteiger charge is -2.13. The highest BCUT2D eigenvalue weighted by Crippen LogP contribution is 2.35. The monoisotopic (exact) mass is 1200 g/mol. The van der Waals surface area contributed by atoms with Crippen molar-refractivity contribution in [3.8, 4) is 0 Å². The maximum Gasteiger partial charge on any atom is 0.296 e. The molecule has 0 bridgehead atoms. The normalized spacial score (nSPS) is 12.7. The molecule has 0 aliphatic rings. The number of benzene rings is 7. The van der Waals surface area contributed by atoms with Gasteiger partial charge < -0.3 is 16.0 Å². The number of nitrogens with zero attached hydrogens (tertiary/aromatic N) is 11. The van der Waals surface area contributed by atoms with E-state index in [2.05, 4.69) is 71.8 Å². The fraction of sp³-hybridized carbons (Fsp3) is 0.0426. The van der Waals surface area contributed by atoms with Crippen LogP contribution >= 0.6 is 0 Å². The van der Waals surface area contributed by atoms with Crippen LogP contribution in [0.5, 0.6) is 0 Å². The molecule has 0 radical (unpaired) electrons. The standard InChI is InChI=1S/C47H38N14O15S5/c1-27-23-32(9-19-39(27)58-60-41-21-11-34(25-43(41)80(71,72)73)56-54-30-5-15-37(16-6-30)78(65,66)67)49-46-51-45(48-29-3-13-36(14-4-29)77(62,63)64)52-47(53-46)50-33-10-20-40(28(2)24-33)59-61-42-22-12-35(26-44(42)81(74,75)76)57-55-31-7-17-38(18-8-31)79(68,69)70/h3-26H,1-2H3,(H,62,63,64)(H,65,66,67)(H,68,69,70)(H,71,72,73)(H,74,75,76)(H3,48,49,50,51,52,53)/b56-54-,57-55-,60-58-,61-59-. The van der Waals surface area contributed by atoms with Gasteiger partial charge in [0.2, 0.25) is 17.8 Å². The fourth-order valence-electron chi connectivity index (χ4n) is 6.86. The first-order valence-electron chi connectivity index (χ1n) is 22.4. The van der Waals surface area contributed by atoms with Crippen molar-refractivity contribution in [1.82, 2.24) is 15.0 Å². The van der Waals surface area contributed by atoms with Crippen LogP contribution in [0.2, 0.25) is 0 Å². The Balaban J connectivity index is 1.01. The molecule has 0 aliphatic carbocycles. The Hall–Kier alpha value is -9.10. The maximum absolute atomic E-state index is 12.4. The number of anilines is 6. The molecule has 0 amide bonds. The van der Waals surface area contributed by atoms with Crippen molar-refractivity contribution in [3.05, 3.63) is 157 Å². The number of hydrogen-bond donors (Lipinski definition) is 8. The average molecular weight is 1200 g/mol. The number of azo groups is 4. The Bertz CT molecular complexity index is 4240. The Kier molecular flexibility index (Phi) is 16.7. The summed E-state index contributed by atoms with van der Waals surface area (Å²) in [6.45, 7) is 3.34. The van der Waals surface area contributed by atoms with E-state index in [1.54, 1.807) is 38.1 Å². The molecule has 0 aliphatic heterocycles. The lowest BCUT2D eigenvalue weighted by molar-refractivity contribution is 0.481. The van der Waals surface area contributed by atoms with E-state index < -0.39 is 60.4 Å². The third-order valence-electron chi connectivity index (χ3n) is 10.8. The minimum Gasteiger partial charge on any atom is -0.324 e. The first kappa shape index (κ1) is 58.1. The first-order chi connectivity index (χ1) is 38.0. The van der Waals surface area contributed by atoms with E-state index in [4.69, 9.17) is 0 Å². The molecule has 0 spiro atoms. The molecule has 34 heteroatoms. The first-order valence-corrected chi connectivity index (χ1v) is 29.6. The largest absolute Gasteiger partial charge is 0.324 e. The third kappa shape index (κ3) is 15.6. The molecule has 8 rings (SSSR count). The van der Waals surface area contributed by atoms with Gasteiger partial charge in [0.15, 0.2) is 0 Å². The number of hydrogen-bond acceptors (Lipinski definition) is 24. The quantitative estimate of drug-likeness (QED) is 0.0275. The van der Waals surface area contributed by atoms with Crippen molar-refractivity contribution in [2.24, 2.45) is 40.9 Å². The van der Waals surface area contributed by atoms with Crippen molar-refractivity contribution in [3.63, 3.8) is 0 Å². The SMILES string of the molecule is Cc1cc(Nc2nc(Nc3ccc(S(=O)(=O)O)cc3)nc(Nc3ccc(/N=N\c4ccc(/N=N\c5ccc(S(=O)(=O)O)cc5)cc4S(=O)(=O)O)c(C)c3)n2)ccc1/N=N\c1ccc(/N=N\c2ccc(S(=O)(=O)O)cc2)cc1S(=O)(=O)O. The van der Waals surface area contributed by atoms with E-state index in [0.717, 1.165) is 48.5 Å². The molecule has 1 heterocycles. The number of nitrogens with one attached hydrogen (secondary N) is 3. The average Bonchev–Trinajstić information content (AvgIpc) is 3.42.